The number of aliphatic hydroxyl groups excluding tert-OH is 4. The number of aromatic nitrogens is 8. The van der Waals surface area contributed by atoms with Crippen LogP contribution in [0.3, 0.4) is 0 Å². The number of quaternary nitrogens is 1. The lowest BCUT2D eigenvalue weighted by Crippen LogP contribution is -3.01. The first kappa shape index (κ1) is 111. The molecule has 8 aromatic rings. The van der Waals surface area contributed by atoms with Gasteiger partial charge in [-0.05, 0) is 159 Å². The number of anilines is 4. The van der Waals surface area contributed by atoms with Crippen LogP contribution in [0, 0.1) is 0 Å². The van der Waals surface area contributed by atoms with E-state index in [1.165, 1.54) is 87.2 Å². The van der Waals surface area contributed by atoms with Gasteiger partial charge in [0.1, 0.15) is 77.9 Å². The zero-order chi connectivity index (χ0) is 102. The van der Waals surface area contributed by atoms with E-state index in [2.05, 4.69) is 19.9 Å². The van der Waals surface area contributed by atoms with Gasteiger partial charge in [0.2, 0.25) is 0 Å². The number of ether oxygens (including phenoxy) is 4. The van der Waals surface area contributed by atoms with Crippen LogP contribution in [0.5, 0.6) is 5.75 Å². The second-order valence-corrected chi connectivity index (χ2v) is 52.5. The number of rotatable bonds is 22. The third-order valence-electron chi connectivity index (χ3n) is 24.5. The first-order valence-corrected chi connectivity index (χ1v) is 54.7. The van der Waals surface area contributed by atoms with Gasteiger partial charge >= 0.3 is 46.2 Å². The maximum Gasteiger partial charge on any atom is 0.530 e. The number of nitrogens with zero attached hydrogens (tertiary/aromatic N) is 8. The molecule has 0 saturated carbocycles. The van der Waals surface area contributed by atoms with Crippen LogP contribution < -0.4 is 55.4 Å². The Hall–Kier alpha value is -7.73. The van der Waals surface area contributed by atoms with Gasteiger partial charge in [-0.1, -0.05) is 113 Å². The highest BCUT2D eigenvalue weighted by Gasteiger charge is 2.63. The zero-order valence-electron chi connectivity index (χ0n) is 77.6. The van der Waals surface area contributed by atoms with Crippen molar-refractivity contribution in [3.8, 4) is 5.75 Å². The topological polar surface area (TPSA) is 559 Å². The Morgan fingerprint density at radius 3 is 1.07 bits per heavy atom. The largest absolute Gasteiger partial charge is 0.530 e. The molecule has 4 unspecified atom stereocenters. The maximum absolute atomic E-state index is 16.6. The van der Waals surface area contributed by atoms with Gasteiger partial charge in [-0.15, -0.1) is 0 Å². The van der Waals surface area contributed by atoms with Crippen LogP contribution in [0.15, 0.2) is 165 Å². The standard InChI is InChI=1S/C25H36ClFN3O7PSi.C19H22ClFN3O7P.C16H28FN3O4Si.C15H15ClNO6P.C10H14FN3O4/c1-24(2,3)39(5,6)37-21-19(35-22(25(21,4)27)30-12-10-20(28)29-23(30)31)15-34-38(32)33-13-11-18(36-38)16-8-7-9-17(26)14-16;1-19(21)16(25)14(30-17(19)24-7-5-15(22)23-18(24)26)10-29-32(27)28-8-6-13(31-32)11-3-2-4-12(20)9-11;1-15(2,3)25(5,6)24-12-10(9-21)23-13(16(12,4)17)20-8-7-11(18)19-14(20)22;16-12-3-1-2-11(10-12)15-8-9-21-24(20,23-15)22-14-6-4-13(5-7-14)17(18)19;1-10(11)7(16)5(4-15)18-8(10)14-3-2-6(12)13-9(14)17/h7-10,12,14,18-19,21-22H,11,13,15H2,1-6H3,(H2,28,29,31);2-5,7,9,13-14,16-17,25H,6,8,10H2,1H3,(H2,22,23,26);7-8,10,12-13,21H,9H2,1-6H3,(H2,18,19,22);1-7,10,15,18-19H,8-9H2;2-3,5,7-8,15-16H,4H2,1H3,(H2,12,13,17)/p+1/t18-,19+,21+,22?,25-,38+;13-,14+,16+,17?,19-,32+;10-,12-,13?,16+;15-,24-;5-,7-,8?,10+/m00101/s1. The fraction of sp³-hybridized carbons (Fsp3) is 0.529. The lowest BCUT2D eigenvalue weighted by Gasteiger charge is -2.41. The van der Waals surface area contributed by atoms with Gasteiger partial charge < -0.3 is 75.7 Å². The lowest BCUT2D eigenvalue weighted by atomic mass is 9.98. The predicted octanol–water partition coefficient (Wildman–Crippen LogP) is 12.5. The minimum absolute atomic E-state index is 0.00251. The molecule has 53 heteroatoms. The molecule has 0 spiro atoms. The summed E-state index contributed by atoms with van der Waals surface area (Å²) in [6.45, 7) is 23.6. The fourth-order valence-electron chi connectivity index (χ4n) is 14.8. The highest BCUT2D eigenvalue weighted by Crippen LogP contribution is 2.61. The van der Waals surface area contributed by atoms with E-state index in [1.54, 1.807) is 60.7 Å². The average Bonchev–Trinajstić information content (AvgIpc) is 1.59. The molecule has 4 aromatic heterocycles. The molecular weight excluding hydrogens is 1980 g/mol. The maximum atomic E-state index is 16.6. The number of nitrogens with one attached hydrogen (secondary N) is 1. The third-order valence-corrected chi connectivity index (χ3v) is 38.5. The molecule has 7 fully saturated rings. The van der Waals surface area contributed by atoms with Crippen LogP contribution in [-0.4, -0.2) is 203 Å². The number of benzene rings is 4. The Labute approximate surface area is 807 Å². The van der Waals surface area contributed by atoms with Gasteiger partial charge in [-0.2, -0.15) is 30.4 Å². The summed E-state index contributed by atoms with van der Waals surface area (Å²) in [5.74, 6) is 0.253. The molecule has 0 amide bonds. The Morgan fingerprint density at radius 1 is 0.457 bits per heavy atom. The van der Waals surface area contributed by atoms with Crippen LogP contribution in [0.25, 0.3) is 0 Å². The molecule has 22 atom stereocenters. The van der Waals surface area contributed by atoms with Crippen LogP contribution in [-0.2, 0) is 77.7 Å². The third kappa shape index (κ3) is 26.3. The molecule has 0 aliphatic carbocycles. The molecule has 7 aliphatic rings. The summed E-state index contributed by atoms with van der Waals surface area (Å²) in [6, 6.07) is 32.2. The van der Waals surface area contributed by atoms with E-state index in [0.29, 0.717) is 39.9 Å². The van der Waals surface area contributed by atoms with Gasteiger partial charge in [0.15, 0.2) is 69.9 Å². The summed E-state index contributed by atoms with van der Waals surface area (Å²) < 4.78 is 189. The number of alkyl halides is 4. The summed E-state index contributed by atoms with van der Waals surface area (Å²) >= 11 is 18.1. The Bertz CT molecular complexity index is 5960. The van der Waals surface area contributed by atoms with Crippen molar-refractivity contribution in [3.05, 3.63) is 220 Å². The van der Waals surface area contributed by atoms with Crippen molar-refractivity contribution in [2.45, 2.75) is 239 Å². The summed E-state index contributed by atoms with van der Waals surface area (Å²) in [4.78, 5) is 62.7. The molecule has 7 aliphatic heterocycles. The summed E-state index contributed by atoms with van der Waals surface area (Å²) in [5.41, 5.74) is 12.4. The van der Waals surface area contributed by atoms with Gasteiger partial charge in [0.25, 0.3) is 0 Å². The van der Waals surface area contributed by atoms with E-state index in [-0.39, 0.29) is 71.2 Å². The summed E-state index contributed by atoms with van der Waals surface area (Å²) in [5, 5.41) is 57.1. The van der Waals surface area contributed by atoms with E-state index in [4.69, 9.17) is 142 Å². The van der Waals surface area contributed by atoms with E-state index >= 15 is 13.2 Å². The number of phosphoric ester groups is 3. The van der Waals surface area contributed by atoms with Crippen LogP contribution >= 0.6 is 58.3 Å². The lowest BCUT2D eigenvalue weighted by molar-refractivity contribution is -1.19. The van der Waals surface area contributed by atoms with Crippen molar-refractivity contribution >= 4 is 104 Å². The number of aliphatic hydroxyl groups is 4. The number of nitrogens with two attached hydrogens (primary N) is 4. The normalized spacial score (nSPS) is 31.6. The first-order chi connectivity index (χ1) is 64.2. The molecule has 760 valence electrons. The smallest absolute Gasteiger partial charge is 0.408 e. The Morgan fingerprint density at radius 2 is 0.754 bits per heavy atom. The predicted molar refractivity (Wildman–Crippen MR) is 499 cm³/mol. The van der Waals surface area contributed by atoms with Crippen LogP contribution in [0.2, 0.25) is 51.3 Å². The van der Waals surface area contributed by atoms with Gasteiger partial charge in [-0.3, -0.25) is 54.5 Å². The van der Waals surface area contributed by atoms with Crippen LogP contribution in [0.4, 0.5) is 46.5 Å². The van der Waals surface area contributed by atoms with E-state index in [1.807, 2.05) is 79.9 Å². The number of hydrogen-bond donors (Lipinski definition) is 11. The minimum Gasteiger partial charge on any atom is -0.408 e. The van der Waals surface area contributed by atoms with E-state index < -0.39 is 203 Å². The highest BCUT2D eigenvalue weighted by atomic mass is 35.5. The summed E-state index contributed by atoms with van der Waals surface area (Å²) in [6.07, 6.45) is -10.2. The van der Waals surface area contributed by atoms with Gasteiger partial charge in [0, 0.05) is 71.3 Å². The molecule has 4 aromatic carbocycles. The van der Waals surface area contributed by atoms with Gasteiger partial charge in [0.05, 0.1) is 64.6 Å². The number of halogens is 7. The molecule has 11 heterocycles. The van der Waals surface area contributed by atoms with Crippen molar-refractivity contribution in [2.75, 3.05) is 69.2 Å². The van der Waals surface area contributed by atoms with Crippen molar-refractivity contribution in [1.82, 2.24) is 38.2 Å². The fourth-order valence-corrected chi connectivity index (χ4v) is 22.4. The number of nitrogen functional groups attached to an aromatic ring is 4. The second kappa shape index (κ2) is 44.2. The number of phosphoric acid groups is 3. The molecule has 15 N–H and O–H groups in total. The molecule has 0 bridgehead atoms. The molecule has 0 radical (unpaired) electrons. The van der Waals surface area contributed by atoms with Gasteiger partial charge in [-0.25, -0.2) is 50.4 Å². The molecule has 7 saturated heterocycles. The molecule has 41 nitrogen and oxygen atoms in total. The molecular formula is C85H116Cl3F4N13O28P3Si2+. The zero-order valence-corrected chi connectivity index (χ0v) is 84.6. The Kier molecular flexibility index (Phi) is 35.5. The average molecular weight is 2100 g/mol. The van der Waals surface area contributed by atoms with Crippen LogP contribution in [0.1, 0.15) is 148 Å². The van der Waals surface area contributed by atoms with Crippen molar-refractivity contribution in [3.63, 3.8) is 0 Å². The quantitative estimate of drug-likeness (QED) is 0.0130. The van der Waals surface area contributed by atoms with Crippen molar-refractivity contribution in [2.24, 2.45) is 0 Å². The van der Waals surface area contributed by atoms with E-state index in [9.17, 15) is 52.6 Å². The highest BCUT2D eigenvalue weighted by molar-refractivity contribution is 7.49. The number of hydrogen-bond acceptors (Lipinski definition) is 36. The monoisotopic (exact) mass is 2100 g/mol. The first-order valence-electron chi connectivity index (χ1n) is 43.3. The Balaban J connectivity index is 0.000000169. The summed E-state index contributed by atoms with van der Waals surface area (Å²) in [7, 11) is -16.7. The molecule has 15 rings (SSSR count). The van der Waals surface area contributed by atoms with Crippen molar-refractivity contribution in [1.29, 1.82) is 0 Å². The van der Waals surface area contributed by atoms with Crippen molar-refractivity contribution < 1.29 is 136 Å². The van der Waals surface area contributed by atoms with E-state index in [0.717, 1.165) is 43.2 Å². The SMILES string of the molecule is CC(C)(C)[Si](C)(C)O[C@@H]1[C@@H](CO)OC(n2ccc(N)nc2=O)[C@@]1(C)F.CC(C)(C)[Si](C)(C)O[C@@H]1[C@@H](CO[P@@]2(=O)OCC[C@@H](c3cccc(Cl)c3)O2)OC(n2ccc(N)nc2=O)[C@@]1(C)F.C[C@@]1(F)C(n2ccc(N)nc2=O)O[C@H](CO)[C@H]1O.C[C@@]1(F)C(n2ccc(N)nc2=O)O[C@H](CO[P@@]2(=O)OCC[C@@H](c3cccc(Cl)c3)O2)[C@H]1O.O=[P@@]1(Oc2ccc([NH+](O)O)cc2)OCC[C@@H](c2cccc(Cl)c2)O1. The minimum atomic E-state index is -4.05. The molecule has 138 heavy (non-hydrogen) atoms. The second-order valence-electron chi connectivity index (χ2n) is 36.9.